The average molecular weight is 397 g/mol. The van der Waals surface area contributed by atoms with Gasteiger partial charge in [0.15, 0.2) is 5.69 Å². The van der Waals surface area contributed by atoms with Crippen LogP contribution < -0.4 is 4.90 Å². The van der Waals surface area contributed by atoms with Crippen LogP contribution in [0.25, 0.3) is 0 Å². The number of aryl methyl sites for hydroxylation is 1. The fourth-order valence-electron chi connectivity index (χ4n) is 4.28. The van der Waals surface area contributed by atoms with Gasteiger partial charge < -0.3 is 9.64 Å². The largest absolute Gasteiger partial charge is 0.461 e. The Morgan fingerprint density at radius 2 is 2.10 bits per heavy atom. The van der Waals surface area contributed by atoms with Crippen molar-refractivity contribution < 1.29 is 14.3 Å². The fourth-order valence-corrected chi connectivity index (χ4v) is 4.28. The molecule has 0 N–H and O–H groups in total. The Hall–Kier alpha value is -2.74. The first-order valence-corrected chi connectivity index (χ1v) is 10.3. The summed E-state index contributed by atoms with van der Waals surface area (Å²) in [6.45, 7) is 7.30. The molecule has 1 amide bonds. The quantitative estimate of drug-likeness (QED) is 0.718. The van der Waals surface area contributed by atoms with Gasteiger partial charge >= 0.3 is 5.97 Å². The van der Waals surface area contributed by atoms with E-state index in [9.17, 15) is 9.59 Å². The number of benzene rings is 1. The highest BCUT2D eigenvalue weighted by Crippen LogP contribution is 2.28. The zero-order valence-corrected chi connectivity index (χ0v) is 17.0. The lowest BCUT2D eigenvalue weighted by Crippen LogP contribution is -2.58. The van der Waals surface area contributed by atoms with Crippen molar-refractivity contribution in [2.24, 2.45) is 0 Å². The third kappa shape index (κ3) is 4.03. The van der Waals surface area contributed by atoms with Crippen LogP contribution in [-0.2, 0) is 16.1 Å². The van der Waals surface area contributed by atoms with Gasteiger partial charge in [0, 0.05) is 18.8 Å². The number of rotatable bonds is 5. The van der Waals surface area contributed by atoms with Gasteiger partial charge in [0.25, 0.3) is 0 Å². The van der Waals surface area contributed by atoms with Crippen molar-refractivity contribution in [1.29, 1.82) is 0 Å². The molecular weight excluding hydrogens is 370 g/mol. The van der Waals surface area contributed by atoms with Gasteiger partial charge in [-0.05, 0) is 50.4 Å². The molecule has 4 rings (SSSR count). The molecule has 3 heterocycles. The van der Waals surface area contributed by atoms with Crippen molar-refractivity contribution in [1.82, 2.24) is 19.9 Å². The average Bonchev–Trinajstić information content (AvgIpc) is 3.18. The van der Waals surface area contributed by atoms with E-state index in [1.54, 1.807) is 17.8 Å². The first-order chi connectivity index (χ1) is 14.1. The molecule has 29 heavy (non-hydrogen) atoms. The van der Waals surface area contributed by atoms with Crippen LogP contribution in [0.5, 0.6) is 0 Å². The summed E-state index contributed by atoms with van der Waals surface area (Å²) >= 11 is 0. The van der Waals surface area contributed by atoms with Crippen LogP contribution in [0, 0.1) is 6.92 Å². The number of aromatic nitrogens is 3. The van der Waals surface area contributed by atoms with E-state index in [2.05, 4.69) is 21.3 Å². The molecule has 2 aliphatic heterocycles. The molecule has 1 atom stereocenters. The number of nitrogens with zero attached hydrogens (tertiary/aromatic N) is 5. The van der Waals surface area contributed by atoms with Crippen LogP contribution in [0.1, 0.15) is 47.8 Å². The molecule has 2 saturated heterocycles. The van der Waals surface area contributed by atoms with Crippen molar-refractivity contribution in [2.75, 3.05) is 31.1 Å². The van der Waals surface area contributed by atoms with Crippen LogP contribution in [-0.4, -0.2) is 64.1 Å². The van der Waals surface area contributed by atoms with E-state index in [0.717, 1.165) is 49.3 Å². The van der Waals surface area contributed by atoms with Crippen molar-refractivity contribution in [3.63, 3.8) is 0 Å². The van der Waals surface area contributed by atoms with Crippen LogP contribution in [0.3, 0.4) is 0 Å². The lowest BCUT2D eigenvalue weighted by atomic mass is 9.97. The third-order valence-corrected chi connectivity index (χ3v) is 5.70. The molecule has 0 saturated carbocycles. The fraction of sp³-hybridized carbons (Fsp3) is 0.524. The smallest absolute Gasteiger partial charge is 0.360 e. The Labute approximate surface area is 170 Å². The van der Waals surface area contributed by atoms with Crippen LogP contribution in [0.4, 0.5) is 5.69 Å². The van der Waals surface area contributed by atoms with Crippen molar-refractivity contribution in [3.8, 4) is 0 Å². The summed E-state index contributed by atoms with van der Waals surface area (Å²) in [4.78, 5) is 29.0. The Bertz CT molecular complexity index is 909. The summed E-state index contributed by atoms with van der Waals surface area (Å²) in [7, 11) is 0. The highest BCUT2D eigenvalue weighted by molar-refractivity contribution is 5.98. The number of ether oxygens (including phenoxy) is 1. The van der Waals surface area contributed by atoms with Gasteiger partial charge in [0.05, 0.1) is 25.4 Å². The lowest BCUT2D eigenvalue weighted by molar-refractivity contribution is -0.127. The molecule has 2 aliphatic rings. The minimum Gasteiger partial charge on any atom is -0.461 e. The van der Waals surface area contributed by atoms with Crippen molar-refractivity contribution in [2.45, 2.75) is 45.7 Å². The molecule has 8 nitrogen and oxygen atoms in total. The van der Waals surface area contributed by atoms with Crippen LogP contribution in [0.15, 0.2) is 24.4 Å². The number of fused-ring (bicyclic) bond motifs is 1. The summed E-state index contributed by atoms with van der Waals surface area (Å²) in [6, 6.07) is 6.13. The molecule has 154 valence electrons. The first-order valence-electron chi connectivity index (χ1n) is 10.3. The summed E-state index contributed by atoms with van der Waals surface area (Å²) in [5, 5.41) is 7.88. The number of piperidine rings is 1. The summed E-state index contributed by atoms with van der Waals surface area (Å²) < 4.78 is 6.56. The predicted octanol–water partition coefficient (Wildman–Crippen LogP) is 2.01. The number of piperazine rings is 1. The molecule has 0 aliphatic carbocycles. The molecular formula is C21H27N5O3. The molecule has 2 aromatic rings. The lowest BCUT2D eigenvalue weighted by Gasteiger charge is -2.43. The predicted molar refractivity (Wildman–Crippen MR) is 108 cm³/mol. The summed E-state index contributed by atoms with van der Waals surface area (Å²) in [5.41, 5.74) is 3.28. The number of carbonyl (C=O) groups excluding carboxylic acids is 2. The molecule has 0 spiro atoms. The van der Waals surface area contributed by atoms with Gasteiger partial charge in [0.1, 0.15) is 0 Å². The molecule has 8 heteroatoms. The van der Waals surface area contributed by atoms with Gasteiger partial charge in [-0.15, -0.1) is 5.10 Å². The number of esters is 1. The topological polar surface area (TPSA) is 80.6 Å². The van der Waals surface area contributed by atoms with E-state index < -0.39 is 5.97 Å². The second kappa shape index (κ2) is 8.32. The normalized spacial score (nSPS) is 19.9. The molecule has 1 unspecified atom stereocenters. The molecule has 0 bridgehead atoms. The zero-order valence-electron chi connectivity index (χ0n) is 17.0. The molecule has 0 radical (unpaired) electrons. The number of hydrogen-bond acceptors (Lipinski definition) is 6. The van der Waals surface area contributed by atoms with Crippen molar-refractivity contribution >= 4 is 17.6 Å². The second-order valence-corrected chi connectivity index (χ2v) is 7.68. The highest BCUT2D eigenvalue weighted by atomic mass is 16.5. The monoisotopic (exact) mass is 397 g/mol. The van der Waals surface area contributed by atoms with Gasteiger partial charge in [0.2, 0.25) is 5.91 Å². The SMILES string of the molecule is CCOC(=O)c1cn(Cc2ccc(N3CCN4CCCCC4C3=O)c(C)c2)nn1. The van der Waals surface area contributed by atoms with Gasteiger partial charge in [-0.3, -0.25) is 9.69 Å². The number of anilines is 1. The standard InChI is InChI=1S/C21H27N5O3/c1-3-29-21(28)17-14-25(23-22-17)13-16-7-8-18(15(2)12-16)26-11-10-24-9-5-4-6-19(24)20(26)27/h7-8,12,14,19H,3-6,9-11,13H2,1-2H3. The molecule has 1 aromatic heterocycles. The van der Waals surface area contributed by atoms with Gasteiger partial charge in [-0.2, -0.15) is 0 Å². The Morgan fingerprint density at radius 1 is 1.24 bits per heavy atom. The van der Waals surface area contributed by atoms with Crippen LogP contribution in [0.2, 0.25) is 0 Å². The van der Waals surface area contributed by atoms with Crippen molar-refractivity contribution in [3.05, 3.63) is 41.2 Å². The first kappa shape index (κ1) is 19.6. The number of amides is 1. The van der Waals surface area contributed by atoms with E-state index in [-0.39, 0.29) is 17.6 Å². The maximum absolute atomic E-state index is 13.0. The van der Waals surface area contributed by atoms with Crippen LogP contribution >= 0.6 is 0 Å². The van der Waals surface area contributed by atoms with E-state index in [1.165, 1.54) is 6.42 Å². The molecule has 1 aromatic carbocycles. The van der Waals surface area contributed by atoms with E-state index >= 15 is 0 Å². The number of hydrogen-bond donors (Lipinski definition) is 0. The van der Waals surface area contributed by atoms with E-state index in [1.807, 2.05) is 24.0 Å². The molecule has 2 fully saturated rings. The Kier molecular flexibility index (Phi) is 5.62. The minimum atomic E-state index is -0.467. The second-order valence-electron chi connectivity index (χ2n) is 7.68. The Morgan fingerprint density at radius 3 is 2.90 bits per heavy atom. The van der Waals surface area contributed by atoms with Gasteiger partial charge in [-0.1, -0.05) is 23.8 Å². The third-order valence-electron chi connectivity index (χ3n) is 5.70. The van der Waals surface area contributed by atoms with E-state index in [4.69, 9.17) is 4.74 Å². The summed E-state index contributed by atoms with van der Waals surface area (Å²) in [5.74, 6) is -0.243. The maximum atomic E-state index is 13.0. The highest BCUT2D eigenvalue weighted by Gasteiger charge is 2.36. The van der Waals surface area contributed by atoms with Gasteiger partial charge in [-0.25, -0.2) is 9.48 Å². The summed E-state index contributed by atoms with van der Waals surface area (Å²) in [6.07, 6.45) is 4.87. The Balaban J connectivity index is 1.47. The number of carbonyl (C=O) groups is 2. The maximum Gasteiger partial charge on any atom is 0.360 e. The van der Waals surface area contributed by atoms with E-state index in [0.29, 0.717) is 13.2 Å². The zero-order chi connectivity index (χ0) is 20.4. The minimum absolute atomic E-state index is 0.0352.